The molecule has 1 aliphatic rings. The summed E-state index contributed by atoms with van der Waals surface area (Å²) in [5, 5.41) is 5.31. The molecule has 3 heterocycles. The first kappa shape index (κ1) is 34.7. The van der Waals surface area contributed by atoms with Crippen LogP contribution in [-0.2, 0) is 18.4 Å². The number of nitrogens with two attached hydrogens (primary N) is 2. The Bertz CT molecular complexity index is 1570. The molecule has 8 nitrogen and oxygen atoms in total. The molecule has 4 N–H and O–H groups in total. The van der Waals surface area contributed by atoms with Crippen molar-refractivity contribution in [1.82, 2.24) is 9.97 Å². The van der Waals surface area contributed by atoms with Crippen LogP contribution < -0.4 is 27.5 Å². The maximum atomic E-state index is 12.3. The van der Waals surface area contributed by atoms with E-state index in [0.717, 1.165) is 26.6 Å². The van der Waals surface area contributed by atoms with Crippen LogP contribution in [0.1, 0.15) is 27.7 Å². The van der Waals surface area contributed by atoms with Crippen LogP contribution in [0.2, 0.25) is 0 Å². The van der Waals surface area contributed by atoms with Crippen LogP contribution in [0.3, 0.4) is 0 Å². The number of hydrogen-bond donors (Lipinski definition) is 2. The lowest BCUT2D eigenvalue weighted by Crippen LogP contribution is -2.41. The van der Waals surface area contributed by atoms with Crippen LogP contribution in [0.5, 0.6) is 0 Å². The molecule has 1 aliphatic heterocycles. The number of thiazole rings is 2. The summed E-state index contributed by atoms with van der Waals surface area (Å²) in [6.07, 6.45) is 0. The van der Waals surface area contributed by atoms with Crippen molar-refractivity contribution in [3.8, 4) is 11.3 Å². The topological polar surface area (TPSA) is 130 Å². The molecule has 0 saturated carbocycles. The second-order valence-electron chi connectivity index (χ2n) is 11.6. The third kappa shape index (κ3) is 8.88. The van der Waals surface area contributed by atoms with Gasteiger partial charge in [0.15, 0.2) is 0 Å². The van der Waals surface area contributed by atoms with E-state index < -0.39 is 21.4 Å². The molecule has 42 heavy (non-hydrogen) atoms. The molecule has 14 heteroatoms. The van der Waals surface area contributed by atoms with Gasteiger partial charge in [0.1, 0.15) is 18.9 Å². The Labute approximate surface area is 265 Å². The predicted molar refractivity (Wildman–Crippen MR) is 187 cm³/mol. The summed E-state index contributed by atoms with van der Waals surface area (Å²) in [6, 6.07) is 11.1. The normalized spacial score (nSPS) is 15.8. The van der Waals surface area contributed by atoms with E-state index in [9.17, 15) is 9.13 Å². The van der Waals surface area contributed by atoms with Crippen LogP contribution >= 0.6 is 52.9 Å². The van der Waals surface area contributed by atoms with Gasteiger partial charge in [-0.1, -0.05) is 12.1 Å². The summed E-state index contributed by atoms with van der Waals surface area (Å²) < 4.78 is 37.3. The van der Waals surface area contributed by atoms with Crippen LogP contribution in [-0.4, -0.2) is 54.9 Å². The molecule has 5 rings (SSSR count). The molecule has 2 aromatic heterocycles. The summed E-state index contributed by atoms with van der Waals surface area (Å²) in [4.78, 5) is 8.08. The highest BCUT2D eigenvalue weighted by Crippen LogP contribution is 2.39. The molecule has 4 aromatic rings. The molecule has 0 aliphatic carbocycles. The van der Waals surface area contributed by atoms with E-state index in [2.05, 4.69) is 25.9 Å². The second kappa shape index (κ2) is 13.5. The lowest BCUT2D eigenvalue weighted by atomic mass is 9.79. The lowest BCUT2D eigenvalue weighted by Gasteiger charge is -2.32. The highest BCUT2D eigenvalue weighted by Gasteiger charge is 2.51. The Kier molecular flexibility index (Phi) is 11.1. The fraction of sp³-hybridized carbons (Fsp3) is 0.357. The molecule has 2 aromatic carbocycles. The van der Waals surface area contributed by atoms with Gasteiger partial charge in [-0.2, -0.15) is 0 Å². The number of hydrogen-bond acceptors (Lipinski definition) is 10. The third-order valence-corrected chi connectivity index (χ3v) is 11.9. The van der Waals surface area contributed by atoms with Gasteiger partial charge in [0, 0.05) is 38.3 Å². The summed E-state index contributed by atoms with van der Waals surface area (Å²) in [7, 11) is -5.21. The van der Waals surface area contributed by atoms with Crippen molar-refractivity contribution in [3.63, 3.8) is 0 Å². The minimum atomic E-state index is -2.42. The monoisotopic (exact) mass is 710 g/mol. The van der Waals surface area contributed by atoms with Crippen LogP contribution in [0, 0.1) is 0 Å². The Hall–Kier alpha value is -1.78. The Morgan fingerprint density at radius 3 is 1.71 bits per heavy atom. The van der Waals surface area contributed by atoms with E-state index >= 15 is 0 Å². The van der Waals surface area contributed by atoms with E-state index in [1.54, 1.807) is 72.5 Å². The zero-order valence-corrected chi connectivity index (χ0v) is 30.1. The average molecular weight is 711 g/mol. The average Bonchev–Trinajstić information content (AvgIpc) is 3.61. The van der Waals surface area contributed by atoms with Crippen molar-refractivity contribution in [2.24, 2.45) is 0 Å². The molecule has 0 atom stereocenters. The fourth-order valence-corrected chi connectivity index (χ4v) is 7.71. The van der Waals surface area contributed by atoms with Gasteiger partial charge in [-0.3, -0.25) is 0 Å². The standard InChI is InChI=1S/C14H23BNO3P.C11H13N2OPS.C3H2BrNS/c1-13(2)14(3,4)19-15(18-13)10-7-8-11(16)12(9-10)20(5,6)17;1-15(2,14)11-5-8(3-4-9(11)12)10-6-16-7-13-10;4-3-1-6-2-5-3/h7-9H,16H2,1-6H3;3-7H,12H2,1-2H3;1-2H. The number of rotatable bonds is 4. The molecule has 0 bridgehead atoms. The number of benzene rings is 2. The molecule has 0 amide bonds. The molecule has 1 saturated heterocycles. The van der Waals surface area contributed by atoms with Crippen molar-refractivity contribution < 1.29 is 18.4 Å². The number of nitrogens with zero attached hydrogens (tertiary/aromatic N) is 2. The highest BCUT2D eigenvalue weighted by molar-refractivity contribution is 9.10. The quantitative estimate of drug-likeness (QED) is 0.142. The van der Waals surface area contributed by atoms with Gasteiger partial charge in [-0.25, -0.2) is 9.97 Å². The van der Waals surface area contributed by atoms with E-state index in [1.807, 2.05) is 62.7 Å². The Morgan fingerprint density at radius 1 is 0.786 bits per heavy atom. The third-order valence-electron chi connectivity index (χ3n) is 6.90. The molecule has 0 radical (unpaired) electrons. The van der Waals surface area contributed by atoms with Crippen molar-refractivity contribution in [2.75, 3.05) is 38.1 Å². The molecule has 0 unspecified atom stereocenters. The van der Waals surface area contributed by atoms with Crippen molar-refractivity contribution in [2.45, 2.75) is 38.9 Å². The second-order valence-corrected chi connectivity index (χ2v) is 20.2. The first-order chi connectivity index (χ1) is 19.3. The highest BCUT2D eigenvalue weighted by atomic mass is 79.9. The number of anilines is 2. The van der Waals surface area contributed by atoms with Gasteiger partial charge in [0.25, 0.3) is 0 Å². The minimum Gasteiger partial charge on any atom is -0.399 e. The largest absolute Gasteiger partial charge is 0.494 e. The summed E-state index contributed by atoms with van der Waals surface area (Å²) in [5.41, 5.74) is 18.4. The van der Waals surface area contributed by atoms with Crippen molar-refractivity contribution in [3.05, 3.63) is 62.8 Å². The van der Waals surface area contributed by atoms with Gasteiger partial charge < -0.3 is 29.9 Å². The predicted octanol–water partition coefficient (Wildman–Crippen LogP) is 6.36. The summed E-state index contributed by atoms with van der Waals surface area (Å²) in [5.74, 6) is 0. The maximum absolute atomic E-state index is 12.3. The van der Waals surface area contributed by atoms with Gasteiger partial charge in [0.05, 0.1) is 27.9 Å². The molecule has 1 fully saturated rings. The number of nitrogen functional groups attached to an aromatic ring is 2. The van der Waals surface area contributed by atoms with Gasteiger partial charge in [-0.15, -0.1) is 22.7 Å². The summed E-state index contributed by atoms with van der Waals surface area (Å²) >= 11 is 6.30. The first-order valence-corrected chi connectivity index (χ1v) is 20.9. The zero-order valence-electron chi connectivity index (χ0n) is 25.1. The number of aromatic nitrogens is 2. The molecule has 226 valence electrons. The van der Waals surface area contributed by atoms with E-state index in [-0.39, 0.29) is 11.2 Å². The maximum Gasteiger partial charge on any atom is 0.494 e. The van der Waals surface area contributed by atoms with Crippen LogP contribution in [0.25, 0.3) is 11.3 Å². The van der Waals surface area contributed by atoms with Crippen LogP contribution in [0.4, 0.5) is 11.4 Å². The van der Waals surface area contributed by atoms with Gasteiger partial charge >= 0.3 is 7.12 Å². The van der Waals surface area contributed by atoms with E-state index in [4.69, 9.17) is 20.8 Å². The summed E-state index contributed by atoms with van der Waals surface area (Å²) in [6.45, 7) is 14.9. The SMILES string of the molecule is Brc1cscn1.CC1(C)OB(c2ccc(N)c(P(C)(C)=O)c2)OC1(C)C.CP(C)(=O)c1cc(-c2cscn2)ccc1N. The zero-order chi connectivity index (χ0) is 31.5. The lowest BCUT2D eigenvalue weighted by molar-refractivity contribution is 0.00578. The Balaban J connectivity index is 0.000000195. The van der Waals surface area contributed by atoms with Crippen LogP contribution in [0.15, 0.2) is 62.8 Å². The molecular formula is C28H38BBrN4O4P2S2. The van der Waals surface area contributed by atoms with Crippen molar-refractivity contribution in [1.29, 1.82) is 0 Å². The molecular weight excluding hydrogens is 673 g/mol. The minimum absolute atomic E-state index is 0.388. The Morgan fingerprint density at radius 2 is 1.29 bits per heavy atom. The van der Waals surface area contributed by atoms with E-state index in [0.29, 0.717) is 16.7 Å². The van der Waals surface area contributed by atoms with Gasteiger partial charge in [0.2, 0.25) is 0 Å². The number of halogens is 1. The first-order valence-electron chi connectivity index (χ1n) is 13.0. The van der Waals surface area contributed by atoms with Crippen molar-refractivity contribution >= 4 is 87.5 Å². The van der Waals surface area contributed by atoms with Gasteiger partial charge in [-0.05, 0) is 100 Å². The molecule has 0 spiro atoms. The van der Waals surface area contributed by atoms with E-state index in [1.165, 1.54) is 0 Å². The fourth-order valence-electron chi connectivity index (χ4n) is 3.88. The smallest absolute Gasteiger partial charge is 0.399 e.